The molecule has 2 aromatic heterocycles. The Morgan fingerprint density at radius 1 is 1.29 bits per heavy atom. The molecule has 24 heavy (non-hydrogen) atoms. The molecule has 0 radical (unpaired) electrons. The molecule has 8 nitrogen and oxygen atoms in total. The number of halogens is 1. The largest absolute Gasteiger partial charge is 0.332 e. The maximum Gasteiger partial charge on any atom is 0.260 e. The summed E-state index contributed by atoms with van der Waals surface area (Å²) in [6.45, 7) is 4.00. The van der Waals surface area contributed by atoms with Gasteiger partial charge in [-0.15, -0.1) is 15.3 Å². The van der Waals surface area contributed by atoms with Gasteiger partial charge in [0.05, 0.1) is 18.4 Å². The van der Waals surface area contributed by atoms with Crippen molar-refractivity contribution in [3.63, 3.8) is 0 Å². The molecule has 0 aromatic carbocycles. The number of aryl methyl sites for hydroxylation is 1. The minimum atomic E-state index is -1.66. The minimum absolute atomic E-state index is 0.313. The molecule has 1 aliphatic heterocycles. The summed E-state index contributed by atoms with van der Waals surface area (Å²) in [6, 6.07) is 0. The van der Waals surface area contributed by atoms with Crippen LogP contribution in [0.5, 0.6) is 0 Å². The van der Waals surface area contributed by atoms with Gasteiger partial charge in [-0.1, -0.05) is 5.21 Å². The number of carbonyl (C=O) groups excluding carboxylic acids is 1. The molecule has 128 valence electrons. The van der Waals surface area contributed by atoms with Crippen LogP contribution in [0.15, 0.2) is 6.20 Å². The number of aromatic nitrogens is 6. The molecule has 2 aromatic rings. The van der Waals surface area contributed by atoms with E-state index in [9.17, 15) is 9.18 Å². The van der Waals surface area contributed by atoms with Gasteiger partial charge in [0, 0.05) is 13.1 Å². The average Bonchev–Trinajstić information content (AvgIpc) is 3.04. The molecular formula is C15H20FN7O. The van der Waals surface area contributed by atoms with E-state index in [1.165, 1.54) is 0 Å². The number of alkyl halides is 1. The second-order valence-corrected chi connectivity index (χ2v) is 6.62. The van der Waals surface area contributed by atoms with E-state index in [0.29, 0.717) is 44.8 Å². The van der Waals surface area contributed by atoms with Gasteiger partial charge in [-0.2, -0.15) is 0 Å². The molecule has 0 saturated heterocycles. The van der Waals surface area contributed by atoms with Crippen molar-refractivity contribution in [3.8, 4) is 0 Å². The second kappa shape index (κ2) is 5.64. The van der Waals surface area contributed by atoms with Gasteiger partial charge in [0.25, 0.3) is 5.91 Å². The van der Waals surface area contributed by atoms with Crippen LogP contribution in [0.1, 0.15) is 43.0 Å². The number of hydrogen-bond donors (Lipinski definition) is 0. The Bertz CT molecular complexity index is 764. The molecule has 0 atom stereocenters. The van der Waals surface area contributed by atoms with Crippen LogP contribution < -0.4 is 0 Å². The zero-order valence-corrected chi connectivity index (χ0v) is 13.7. The number of carbonyl (C=O) groups is 1. The third-order valence-corrected chi connectivity index (χ3v) is 4.97. The van der Waals surface area contributed by atoms with Crippen molar-refractivity contribution in [1.82, 2.24) is 34.7 Å². The van der Waals surface area contributed by atoms with Gasteiger partial charge in [-0.05, 0) is 32.6 Å². The fraction of sp³-hybridized carbons (Fsp3) is 0.667. The first kappa shape index (κ1) is 15.2. The zero-order chi connectivity index (χ0) is 16.7. The molecular weight excluding hydrogens is 313 g/mol. The molecule has 1 fully saturated rings. The number of hydrogen-bond acceptors (Lipinski definition) is 5. The van der Waals surface area contributed by atoms with E-state index in [-0.39, 0.29) is 5.91 Å². The highest BCUT2D eigenvalue weighted by Crippen LogP contribution is 2.38. The second-order valence-electron chi connectivity index (χ2n) is 6.62. The van der Waals surface area contributed by atoms with Gasteiger partial charge >= 0.3 is 0 Å². The minimum Gasteiger partial charge on any atom is -0.332 e. The number of fused-ring (bicyclic) bond motifs is 1. The topological polar surface area (TPSA) is 81.7 Å². The summed E-state index contributed by atoms with van der Waals surface area (Å²) in [4.78, 5) is 14.0. The van der Waals surface area contributed by atoms with Crippen LogP contribution in [0.2, 0.25) is 0 Å². The normalized spacial score (nSPS) is 19.5. The number of nitrogens with zero attached hydrogens (tertiary/aromatic N) is 7. The molecule has 1 aliphatic carbocycles. The van der Waals surface area contributed by atoms with Crippen molar-refractivity contribution in [2.24, 2.45) is 0 Å². The summed E-state index contributed by atoms with van der Waals surface area (Å²) in [5.41, 5.74) is -0.710. The maximum atomic E-state index is 14.4. The SMILES string of the molecule is Cc1cnnn1Cc1nnc2n1CCCN(C(=O)C1(F)CCC1)C2. The standard InChI is InChI=1S/C15H20FN7O/c1-11-8-17-20-23(11)10-13-19-18-12-9-21(6-3-7-22(12)13)14(24)15(16)4-2-5-15/h8H,2-7,9-10H2,1H3. The third-order valence-electron chi connectivity index (χ3n) is 4.97. The fourth-order valence-corrected chi connectivity index (χ4v) is 3.29. The highest BCUT2D eigenvalue weighted by molar-refractivity contribution is 5.86. The van der Waals surface area contributed by atoms with E-state index in [2.05, 4.69) is 20.5 Å². The first-order valence-corrected chi connectivity index (χ1v) is 8.31. The average molecular weight is 333 g/mol. The Labute approximate surface area is 138 Å². The molecule has 0 bridgehead atoms. The Hall–Kier alpha value is -2.32. The summed E-state index contributed by atoms with van der Waals surface area (Å²) in [5.74, 6) is 1.10. The Balaban J connectivity index is 1.54. The fourth-order valence-electron chi connectivity index (χ4n) is 3.29. The molecule has 1 saturated carbocycles. The summed E-state index contributed by atoms with van der Waals surface area (Å²) in [5, 5.41) is 16.4. The van der Waals surface area contributed by atoms with Gasteiger partial charge < -0.3 is 9.47 Å². The monoisotopic (exact) mass is 333 g/mol. The van der Waals surface area contributed by atoms with Crippen molar-refractivity contribution >= 4 is 5.91 Å². The van der Waals surface area contributed by atoms with E-state index >= 15 is 0 Å². The quantitative estimate of drug-likeness (QED) is 0.832. The lowest BCUT2D eigenvalue weighted by Crippen LogP contribution is -2.50. The van der Waals surface area contributed by atoms with Crippen LogP contribution in [0.3, 0.4) is 0 Å². The van der Waals surface area contributed by atoms with Crippen molar-refractivity contribution < 1.29 is 9.18 Å². The van der Waals surface area contributed by atoms with Crippen LogP contribution in [-0.4, -0.2) is 52.8 Å². The van der Waals surface area contributed by atoms with Crippen LogP contribution in [0.4, 0.5) is 4.39 Å². The van der Waals surface area contributed by atoms with E-state index in [0.717, 1.165) is 24.4 Å². The van der Waals surface area contributed by atoms with E-state index in [1.807, 2.05) is 11.5 Å². The Morgan fingerprint density at radius 3 is 2.79 bits per heavy atom. The lowest BCUT2D eigenvalue weighted by atomic mass is 9.81. The van der Waals surface area contributed by atoms with Crippen LogP contribution in [-0.2, 0) is 24.4 Å². The predicted molar refractivity (Wildman–Crippen MR) is 81.6 cm³/mol. The van der Waals surface area contributed by atoms with E-state index in [1.54, 1.807) is 15.8 Å². The number of amides is 1. The molecule has 4 rings (SSSR count). The van der Waals surface area contributed by atoms with Crippen molar-refractivity contribution in [2.75, 3.05) is 6.54 Å². The smallest absolute Gasteiger partial charge is 0.260 e. The summed E-state index contributed by atoms with van der Waals surface area (Å²) in [7, 11) is 0. The first-order chi connectivity index (χ1) is 11.6. The lowest BCUT2D eigenvalue weighted by Gasteiger charge is -2.36. The first-order valence-electron chi connectivity index (χ1n) is 8.31. The van der Waals surface area contributed by atoms with Gasteiger partial charge in [-0.25, -0.2) is 9.07 Å². The van der Waals surface area contributed by atoms with Crippen LogP contribution in [0.25, 0.3) is 0 Å². The van der Waals surface area contributed by atoms with Crippen LogP contribution >= 0.6 is 0 Å². The maximum absolute atomic E-state index is 14.4. The molecule has 2 aliphatic rings. The predicted octanol–water partition coefficient (Wildman–Crippen LogP) is 0.851. The Morgan fingerprint density at radius 2 is 2.12 bits per heavy atom. The van der Waals surface area contributed by atoms with Gasteiger partial charge in [0.2, 0.25) is 0 Å². The summed E-state index contributed by atoms with van der Waals surface area (Å²) in [6.07, 6.45) is 3.92. The van der Waals surface area contributed by atoms with Gasteiger partial charge in [-0.3, -0.25) is 4.79 Å². The molecule has 0 unspecified atom stereocenters. The highest BCUT2D eigenvalue weighted by Gasteiger charge is 2.47. The lowest BCUT2D eigenvalue weighted by molar-refractivity contribution is -0.150. The van der Waals surface area contributed by atoms with Crippen molar-refractivity contribution in [1.29, 1.82) is 0 Å². The van der Waals surface area contributed by atoms with Crippen molar-refractivity contribution in [2.45, 2.75) is 57.9 Å². The molecule has 0 spiro atoms. The summed E-state index contributed by atoms with van der Waals surface area (Å²) < 4.78 is 18.2. The Kier molecular flexibility index (Phi) is 3.58. The van der Waals surface area contributed by atoms with Crippen LogP contribution in [0, 0.1) is 6.92 Å². The molecule has 9 heteroatoms. The molecule has 3 heterocycles. The third kappa shape index (κ3) is 2.47. The van der Waals surface area contributed by atoms with E-state index < -0.39 is 5.67 Å². The zero-order valence-electron chi connectivity index (χ0n) is 13.7. The van der Waals surface area contributed by atoms with E-state index in [4.69, 9.17) is 0 Å². The van der Waals surface area contributed by atoms with Gasteiger partial charge in [0.15, 0.2) is 17.3 Å². The number of rotatable bonds is 3. The highest BCUT2D eigenvalue weighted by atomic mass is 19.1. The molecule has 1 amide bonds. The molecule has 0 N–H and O–H groups in total. The summed E-state index contributed by atoms with van der Waals surface area (Å²) >= 11 is 0. The van der Waals surface area contributed by atoms with Crippen molar-refractivity contribution in [3.05, 3.63) is 23.5 Å². The van der Waals surface area contributed by atoms with Gasteiger partial charge in [0.1, 0.15) is 6.54 Å².